The van der Waals surface area contributed by atoms with Gasteiger partial charge in [-0.3, -0.25) is 9.59 Å². The van der Waals surface area contributed by atoms with Crippen LogP contribution in [-0.4, -0.2) is 23.4 Å². The van der Waals surface area contributed by atoms with E-state index in [1.807, 2.05) is 60.3 Å². The predicted octanol–water partition coefficient (Wildman–Crippen LogP) is 5.53. The molecule has 156 valence electrons. The number of benzene rings is 2. The SMILES string of the molecule is CC(=O)Oc1ccccc1C(C)(C)CSCC(C)(C)c1ccccc1OC(C)=O. The first-order chi connectivity index (χ1) is 13.5. The molecule has 29 heavy (non-hydrogen) atoms. The fourth-order valence-electron chi connectivity index (χ4n) is 3.26. The molecule has 0 heterocycles. The molecule has 0 spiro atoms. The van der Waals surface area contributed by atoms with Crippen molar-refractivity contribution >= 4 is 23.7 Å². The Labute approximate surface area is 178 Å². The molecule has 0 fully saturated rings. The lowest BCUT2D eigenvalue weighted by atomic mass is 9.86. The van der Waals surface area contributed by atoms with Crippen LogP contribution in [0.2, 0.25) is 0 Å². The van der Waals surface area contributed by atoms with Gasteiger partial charge >= 0.3 is 11.9 Å². The van der Waals surface area contributed by atoms with Gasteiger partial charge in [0.25, 0.3) is 0 Å². The fourth-order valence-corrected chi connectivity index (χ4v) is 4.69. The van der Waals surface area contributed by atoms with Gasteiger partial charge < -0.3 is 9.47 Å². The molecule has 0 aliphatic heterocycles. The maximum absolute atomic E-state index is 11.4. The monoisotopic (exact) mass is 414 g/mol. The Morgan fingerprint density at radius 1 is 0.724 bits per heavy atom. The van der Waals surface area contributed by atoms with Gasteiger partial charge in [-0.05, 0) is 12.1 Å². The molecule has 0 saturated carbocycles. The van der Waals surface area contributed by atoms with Crippen LogP contribution in [0.3, 0.4) is 0 Å². The largest absolute Gasteiger partial charge is 0.426 e. The first-order valence-electron chi connectivity index (χ1n) is 9.66. The summed E-state index contributed by atoms with van der Waals surface area (Å²) in [4.78, 5) is 22.9. The molecule has 0 unspecified atom stereocenters. The Hall–Kier alpha value is -2.27. The van der Waals surface area contributed by atoms with E-state index in [0.29, 0.717) is 11.5 Å². The molecule has 0 N–H and O–H groups in total. The van der Waals surface area contributed by atoms with Gasteiger partial charge in [0.15, 0.2) is 0 Å². The highest BCUT2D eigenvalue weighted by Crippen LogP contribution is 2.38. The molecule has 0 amide bonds. The molecule has 0 radical (unpaired) electrons. The predicted molar refractivity (Wildman–Crippen MR) is 119 cm³/mol. The summed E-state index contributed by atoms with van der Waals surface area (Å²) in [6.07, 6.45) is 0. The summed E-state index contributed by atoms with van der Waals surface area (Å²) in [6.45, 7) is 11.5. The van der Waals surface area contributed by atoms with E-state index in [-0.39, 0.29) is 22.8 Å². The van der Waals surface area contributed by atoms with Gasteiger partial charge in [0.2, 0.25) is 0 Å². The van der Waals surface area contributed by atoms with Crippen LogP contribution in [0.25, 0.3) is 0 Å². The van der Waals surface area contributed by atoms with Crippen LogP contribution in [0, 0.1) is 0 Å². The zero-order valence-electron chi connectivity index (χ0n) is 18.1. The van der Waals surface area contributed by atoms with Crippen LogP contribution < -0.4 is 9.47 Å². The summed E-state index contributed by atoms with van der Waals surface area (Å²) in [5.41, 5.74) is 1.67. The lowest BCUT2D eigenvalue weighted by molar-refractivity contribution is -0.132. The molecule has 2 aromatic rings. The Morgan fingerprint density at radius 3 is 1.41 bits per heavy atom. The molecule has 0 atom stereocenters. The molecule has 5 heteroatoms. The molecule has 0 aromatic heterocycles. The second-order valence-corrected chi connectivity index (χ2v) is 9.43. The summed E-state index contributed by atoms with van der Waals surface area (Å²) >= 11 is 1.83. The van der Waals surface area contributed by atoms with E-state index < -0.39 is 0 Å². The third-order valence-electron chi connectivity index (χ3n) is 4.67. The van der Waals surface area contributed by atoms with Crippen molar-refractivity contribution < 1.29 is 19.1 Å². The molecule has 0 bridgehead atoms. The number of ether oxygens (including phenoxy) is 2. The van der Waals surface area contributed by atoms with Crippen LogP contribution >= 0.6 is 11.8 Å². The highest BCUT2D eigenvalue weighted by molar-refractivity contribution is 7.99. The Morgan fingerprint density at radius 2 is 1.07 bits per heavy atom. The molecular formula is C24H30O4S. The molecule has 0 saturated heterocycles. The van der Waals surface area contributed by atoms with E-state index in [4.69, 9.17) is 9.47 Å². The van der Waals surface area contributed by atoms with Gasteiger partial charge in [-0.25, -0.2) is 0 Å². The lowest BCUT2D eigenvalue weighted by Gasteiger charge is -2.30. The highest BCUT2D eigenvalue weighted by Gasteiger charge is 2.29. The van der Waals surface area contributed by atoms with Crippen molar-refractivity contribution in [2.45, 2.75) is 52.4 Å². The van der Waals surface area contributed by atoms with E-state index in [1.165, 1.54) is 13.8 Å². The zero-order valence-corrected chi connectivity index (χ0v) is 18.9. The fraction of sp³-hybridized carbons (Fsp3) is 0.417. The summed E-state index contributed by atoms with van der Waals surface area (Å²) in [7, 11) is 0. The third kappa shape index (κ3) is 6.36. The van der Waals surface area contributed by atoms with Gasteiger partial charge in [-0.2, -0.15) is 11.8 Å². The maximum Gasteiger partial charge on any atom is 0.308 e. The standard InChI is InChI=1S/C24H30O4S/c1-17(25)27-21-13-9-7-11-19(21)23(3,4)15-29-16-24(5,6)20-12-8-10-14-22(20)28-18(2)26/h7-14H,15-16H2,1-6H3. The Bertz CT molecular complexity index is 799. The van der Waals surface area contributed by atoms with E-state index in [1.54, 1.807) is 0 Å². The zero-order chi connectivity index (χ0) is 21.7. The average Bonchev–Trinajstić information content (AvgIpc) is 2.61. The summed E-state index contributed by atoms with van der Waals surface area (Å²) in [5, 5.41) is 0. The van der Waals surface area contributed by atoms with Crippen molar-refractivity contribution in [1.29, 1.82) is 0 Å². The van der Waals surface area contributed by atoms with Crippen molar-refractivity contribution in [3.8, 4) is 11.5 Å². The lowest BCUT2D eigenvalue weighted by Crippen LogP contribution is -2.26. The van der Waals surface area contributed by atoms with Gasteiger partial charge in [0.05, 0.1) is 0 Å². The first kappa shape index (κ1) is 23.0. The number of esters is 2. The third-order valence-corrected chi connectivity index (χ3v) is 6.52. The second-order valence-electron chi connectivity index (χ2n) is 8.44. The van der Waals surface area contributed by atoms with Crippen molar-refractivity contribution in [3.05, 3.63) is 59.7 Å². The summed E-state index contributed by atoms with van der Waals surface area (Å²) in [5.74, 6) is 2.30. The van der Waals surface area contributed by atoms with E-state index in [2.05, 4.69) is 27.7 Å². The van der Waals surface area contributed by atoms with Crippen molar-refractivity contribution in [3.63, 3.8) is 0 Å². The van der Waals surface area contributed by atoms with Crippen LogP contribution in [0.15, 0.2) is 48.5 Å². The number of thioether (sulfide) groups is 1. The Balaban J connectivity index is 2.13. The topological polar surface area (TPSA) is 52.6 Å². The Kier molecular flexibility index (Phi) is 7.53. The molecule has 4 nitrogen and oxygen atoms in total. The van der Waals surface area contributed by atoms with Crippen LogP contribution in [0.5, 0.6) is 11.5 Å². The van der Waals surface area contributed by atoms with E-state index >= 15 is 0 Å². The van der Waals surface area contributed by atoms with E-state index in [9.17, 15) is 9.59 Å². The quantitative estimate of drug-likeness (QED) is 0.420. The average molecular weight is 415 g/mol. The molecule has 0 aliphatic carbocycles. The van der Waals surface area contributed by atoms with Crippen LogP contribution in [-0.2, 0) is 20.4 Å². The number of carbonyl (C=O) groups excluding carboxylic acids is 2. The minimum absolute atomic E-state index is 0.178. The highest BCUT2D eigenvalue weighted by atomic mass is 32.2. The molecular weight excluding hydrogens is 384 g/mol. The van der Waals surface area contributed by atoms with Crippen molar-refractivity contribution in [1.82, 2.24) is 0 Å². The number of hydrogen-bond acceptors (Lipinski definition) is 5. The van der Waals surface area contributed by atoms with Crippen LogP contribution in [0.4, 0.5) is 0 Å². The first-order valence-corrected chi connectivity index (χ1v) is 10.8. The summed E-state index contributed by atoms with van der Waals surface area (Å²) < 4.78 is 10.8. The van der Waals surface area contributed by atoms with Crippen LogP contribution in [0.1, 0.15) is 52.7 Å². The smallest absolute Gasteiger partial charge is 0.308 e. The number of hydrogen-bond donors (Lipinski definition) is 0. The van der Waals surface area contributed by atoms with Gasteiger partial charge in [0.1, 0.15) is 11.5 Å². The number of carbonyl (C=O) groups is 2. The molecule has 2 aromatic carbocycles. The van der Waals surface area contributed by atoms with E-state index in [0.717, 1.165) is 22.6 Å². The molecule has 2 rings (SSSR count). The van der Waals surface area contributed by atoms with Crippen molar-refractivity contribution in [2.24, 2.45) is 0 Å². The van der Waals surface area contributed by atoms with Crippen molar-refractivity contribution in [2.75, 3.05) is 11.5 Å². The normalized spacial score (nSPS) is 11.8. The number of rotatable bonds is 8. The second kappa shape index (κ2) is 9.49. The molecule has 0 aliphatic rings. The number of para-hydroxylation sites is 2. The van der Waals surface area contributed by atoms with Gasteiger partial charge in [-0.15, -0.1) is 0 Å². The minimum Gasteiger partial charge on any atom is -0.426 e. The van der Waals surface area contributed by atoms with Gasteiger partial charge in [-0.1, -0.05) is 64.1 Å². The summed E-state index contributed by atoms with van der Waals surface area (Å²) in [6, 6.07) is 15.4. The maximum atomic E-state index is 11.4. The van der Waals surface area contributed by atoms with Gasteiger partial charge in [0, 0.05) is 47.3 Å². The minimum atomic E-state index is -0.316.